The summed E-state index contributed by atoms with van der Waals surface area (Å²) in [4.78, 5) is 71.7. The van der Waals surface area contributed by atoms with Crippen LogP contribution in [0, 0.1) is 23.7 Å². The van der Waals surface area contributed by atoms with E-state index in [1.54, 1.807) is 9.80 Å². The smallest absolute Gasteiger partial charge is 0.407 e. The monoisotopic (exact) mass is 899 g/mol. The number of terminal acetylenes is 1. The molecule has 15 nitrogen and oxygen atoms in total. The first-order chi connectivity index (χ1) is 32.5. The summed E-state index contributed by atoms with van der Waals surface area (Å²) in [6, 6.07) is 25.9. The molecule has 2 aliphatic heterocycles. The number of carbonyl (C=O) groups excluding carboxylic acids is 4. The van der Waals surface area contributed by atoms with Crippen molar-refractivity contribution in [3.63, 3.8) is 0 Å². The van der Waals surface area contributed by atoms with E-state index < -0.39 is 24.3 Å². The molecule has 4 bridgehead atoms. The van der Waals surface area contributed by atoms with Gasteiger partial charge >= 0.3 is 12.2 Å². The summed E-state index contributed by atoms with van der Waals surface area (Å²) in [7, 11) is 2.48. The van der Waals surface area contributed by atoms with Gasteiger partial charge in [-0.3, -0.25) is 9.59 Å². The number of carbonyl (C=O) groups is 4. The minimum absolute atomic E-state index is 0.0528. The van der Waals surface area contributed by atoms with Crippen LogP contribution < -0.4 is 10.6 Å². The third-order valence-corrected chi connectivity index (χ3v) is 13.6. The highest BCUT2D eigenvalue weighted by Gasteiger charge is 2.38. The number of aryl methyl sites for hydroxylation is 2. The number of nitrogens with zero attached hydrogens (tertiary/aromatic N) is 5. The number of aromatic amines is 2. The molecule has 4 aromatic carbocycles. The van der Waals surface area contributed by atoms with Crippen molar-refractivity contribution in [1.29, 1.82) is 5.26 Å². The molecule has 0 spiro atoms. The Hall–Kier alpha value is -7.65. The van der Waals surface area contributed by atoms with E-state index in [0.717, 1.165) is 71.7 Å². The third kappa shape index (κ3) is 9.02. The maximum atomic E-state index is 13.7. The number of hydrogen-bond acceptors (Lipinski definition) is 9. The largest absolute Gasteiger partial charge is 0.453 e. The van der Waals surface area contributed by atoms with Crippen molar-refractivity contribution in [1.82, 2.24) is 40.4 Å². The number of fused-ring (bicyclic) bond motifs is 2. The van der Waals surface area contributed by atoms with E-state index in [-0.39, 0.29) is 42.7 Å². The summed E-state index contributed by atoms with van der Waals surface area (Å²) in [5, 5.41) is 14.5. The first-order valence-electron chi connectivity index (χ1n) is 22.9. The molecule has 2 saturated heterocycles. The fourth-order valence-corrected chi connectivity index (χ4v) is 10.1. The second-order valence-electron chi connectivity index (χ2n) is 17.7. The molecule has 4 heterocycles. The van der Waals surface area contributed by atoms with Crippen LogP contribution in [0.25, 0.3) is 44.3 Å². The number of amides is 4. The van der Waals surface area contributed by atoms with Gasteiger partial charge in [0, 0.05) is 19.5 Å². The first-order valence-corrected chi connectivity index (χ1v) is 22.9. The number of nitrogens with one attached hydrogen (secondary N) is 4. The van der Waals surface area contributed by atoms with E-state index in [0.29, 0.717) is 31.2 Å². The molecule has 6 aromatic rings. The van der Waals surface area contributed by atoms with E-state index in [9.17, 15) is 24.4 Å². The zero-order chi connectivity index (χ0) is 46.8. The van der Waals surface area contributed by atoms with Gasteiger partial charge in [-0.05, 0) is 120 Å². The van der Waals surface area contributed by atoms with Crippen LogP contribution in [0.15, 0.2) is 72.8 Å². The van der Waals surface area contributed by atoms with Crippen molar-refractivity contribution in [2.24, 2.45) is 0 Å². The van der Waals surface area contributed by atoms with E-state index in [4.69, 9.17) is 25.9 Å². The number of aromatic nitrogens is 4. The van der Waals surface area contributed by atoms with Crippen LogP contribution in [-0.4, -0.2) is 93.1 Å². The second kappa shape index (κ2) is 19.1. The lowest BCUT2D eigenvalue weighted by Crippen LogP contribution is -2.48. The zero-order valence-electron chi connectivity index (χ0n) is 37.9. The van der Waals surface area contributed by atoms with Crippen LogP contribution >= 0.6 is 0 Å². The van der Waals surface area contributed by atoms with Crippen LogP contribution in [0.4, 0.5) is 9.59 Å². The van der Waals surface area contributed by atoms with Crippen LogP contribution in [0.3, 0.4) is 0 Å². The predicted molar refractivity (Wildman–Crippen MR) is 252 cm³/mol. The Morgan fingerprint density at radius 3 is 1.85 bits per heavy atom. The highest BCUT2D eigenvalue weighted by Crippen LogP contribution is 2.39. The molecule has 5 unspecified atom stereocenters. The van der Waals surface area contributed by atoms with Crippen LogP contribution in [0.5, 0.6) is 0 Å². The second-order valence-corrected chi connectivity index (χ2v) is 17.7. The normalized spacial score (nSPS) is 18.7. The topological polar surface area (TPSA) is 198 Å². The highest BCUT2D eigenvalue weighted by molar-refractivity contribution is 5.89. The molecule has 6 aliphatic rings. The fourth-order valence-electron chi connectivity index (χ4n) is 10.1. The average molecular weight is 900 g/mol. The Kier molecular flexibility index (Phi) is 12.7. The Labute approximate surface area is 388 Å². The molecule has 2 aromatic heterocycles. The maximum absolute atomic E-state index is 13.7. The molecule has 0 saturated carbocycles. The van der Waals surface area contributed by atoms with Gasteiger partial charge in [0.25, 0.3) is 0 Å². The van der Waals surface area contributed by atoms with Gasteiger partial charge in [-0.1, -0.05) is 55.5 Å². The van der Waals surface area contributed by atoms with Gasteiger partial charge in [-0.2, -0.15) is 5.26 Å². The van der Waals surface area contributed by atoms with Gasteiger partial charge in [0.15, 0.2) is 0 Å². The lowest BCUT2D eigenvalue weighted by Gasteiger charge is -2.27. The van der Waals surface area contributed by atoms with Crippen molar-refractivity contribution in [2.75, 3.05) is 27.3 Å². The number of benzene rings is 4. The molecule has 15 heteroatoms. The molecule has 67 heavy (non-hydrogen) atoms. The van der Waals surface area contributed by atoms with E-state index in [1.807, 2.05) is 18.2 Å². The number of likely N-dealkylation sites (tertiary alicyclic amines) is 2. The molecule has 4 amide bonds. The maximum Gasteiger partial charge on any atom is 0.407 e. The minimum Gasteiger partial charge on any atom is -0.453 e. The molecule has 0 radical (unpaired) electrons. The van der Waals surface area contributed by atoms with Gasteiger partial charge in [0.1, 0.15) is 23.7 Å². The Morgan fingerprint density at radius 2 is 1.30 bits per heavy atom. The summed E-state index contributed by atoms with van der Waals surface area (Å²) in [6.07, 6.45) is 9.49. The lowest BCUT2D eigenvalue weighted by molar-refractivity contribution is -0.135. The summed E-state index contributed by atoms with van der Waals surface area (Å²) in [5.74, 6) is 3.49. The predicted octanol–water partition coefficient (Wildman–Crippen LogP) is 7.93. The SMILES string of the molecule is C#CCC(NC(=O)OC)C(=O)N1CCCC1c1nc2ccc(-c3cc4ccc3CC(C)c3ccc(c(-c5ccc6nc(C7CCCN7C(=O)C(CC#N)NC(=O)OC)[nH]c6c5)c3)CC4)cc2[nH]1. The Balaban J connectivity index is 0.956. The summed E-state index contributed by atoms with van der Waals surface area (Å²) < 4.78 is 9.45. The number of nitriles is 1. The highest BCUT2D eigenvalue weighted by atomic mass is 16.5. The van der Waals surface area contributed by atoms with Crippen molar-refractivity contribution in [3.05, 3.63) is 107 Å². The summed E-state index contributed by atoms with van der Waals surface area (Å²) in [6.45, 7) is 3.30. The number of imidazole rings is 2. The van der Waals surface area contributed by atoms with Gasteiger partial charge in [-0.15, -0.1) is 12.3 Å². The van der Waals surface area contributed by atoms with Crippen molar-refractivity contribution >= 4 is 46.1 Å². The first kappa shape index (κ1) is 44.5. The molecule has 5 atom stereocenters. The molecule has 12 rings (SSSR count). The van der Waals surface area contributed by atoms with Gasteiger partial charge < -0.3 is 39.9 Å². The Bertz CT molecular complexity index is 2980. The van der Waals surface area contributed by atoms with Gasteiger partial charge in [0.2, 0.25) is 11.8 Å². The summed E-state index contributed by atoms with van der Waals surface area (Å²) in [5.41, 5.74) is 12.9. The van der Waals surface area contributed by atoms with E-state index >= 15 is 0 Å². The van der Waals surface area contributed by atoms with Gasteiger partial charge in [-0.25, -0.2) is 19.6 Å². The van der Waals surface area contributed by atoms with Crippen molar-refractivity contribution in [2.45, 2.75) is 94.8 Å². The third-order valence-electron chi connectivity index (χ3n) is 13.6. The average Bonchev–Trinajstić information content (AvgIpc) is 4.18. The number of alkyl carbamates (subject to hydrolysis) is 2. The van der Waals surface area contributed by atoms with Crippen molar-refractivity contribution in [3.8, 4) is 40.7 Å². The summed E-state index contributed by atoms with van der Waals surface area (Å²) >= 11 is 0. The molecule has 4 N–H and O–H groups in total. The van der Waals surface area contributed by atoms with Gasteiger partial charge in [0.05, 0.1) is 60.9 Å². The van der Waals surface area contributed by atoms with Crippen LogP contribution in [0.2, 0.25) is 0 Å². The number of rotatable bonds is 10. The molecule has 342 valence electrons. The number of ether oxygens (including phenoxy) is 2. The van der Waals surface area contributed by atoms with Crippen LogP contribution in [0.1, 0.15) is 97.4 Å². The quantitative estimate of drug-likeness (QED) is 0.0987. The Morgan fingerprint density at radius 1 is 0.746 bits per heavy atom. The van der Waals surface area contributed by atoms with E-state index in [1.165, 1.54) is 47.6 Å². The molecular formula is C52H53N9O6. The molecular weight excluding hydrogens is 847 g/mol. The minimum atomic E-state index is -1.01. The van der Waals surface area contributed by atoms with Crippen molar-refractivity contribution < 1.29 is 28.7 Å². The molecule has 2 fully saturated rings. The number of H-pyrrole nitrogens is 2. The zero-order valence-corrected chi connectivity index (χ0v) is 37.9. The standard InChI is InChI=1S/C52H53N9O6/c1-5-8-41(58-51(64)66-3)49(62)60-23-6-9-45(60)47-54-39-19-17-35(28-43(39)56-47)37-26-31-11-13-32-15-16-33(30(2)25-34(37)14-12-31)27-38(32)36-18-20-40-44(29-36)57-48(55-40)46-10-7-24-61(46)50(63)42(21-22-53)59-52(65)67-4/h1,12,14-20,26-30,41-42,45-46H,6-11,13,21,23-25H2,2-4H3,(H,54,56)(H,55,57)(H,58,64)(H,59,65). The van der Waals surface area contributed by atoms with E-state index in [2.05, 4.69) is 94.1 Å². The number of methoxy groups -OCH3 is 2. The lowest BCUT2D eigenvalue weighted by atomic mass is 9.84. The number of hydrogen-bond donors (Lipinski definition) is 4. The van der Waals surface area contributed by atoms with Crippen LogP contribution in [-0.2, 0) is 38.3 Å². The molecule has 4 aliphatic carbocycles. The fraction of sp³-hybridized carbons (Fsp3) is 0.365.